The van der Waals surface area contributed by atoms with Gasteiger partial charge < -0.3 is 15.4 Å². The van der Waals surface area contributed by atoms with E-state index in [1.54, 1.807) is 0 Å². The standard InChI is InChI=1S/C17H30F3N3OS.HI/c1-3-21-15(22-12-16(25-2)8-10-24-11-9-16)23-14-6-4-13(5-7-14)17(18,19)20;/h13-14H,3-12H2,1-2H3,(H2,21,22,23);1H. The van der Waals surface area contributed by atoms with Crippen molar-refractivity contribution in [3.05, 3.63) is 0 Å². The van der Waals surface area contributed by atoms with E-state index < -0.39 is 12.1 Å². The minimum absolute atomic E-state index is 0. The average Bonchev–Trinajstić information content (AvgIpc) is 2.60. The van der Waals surface area contributed by atoms with Crippen molar-refractivity contribution in [2.75, 3.05) is 32.6 Å². The molecule has 0 amide bonds. The number of hydrogen-bond donors (Lipinski definition) is 2. The van der Waals surface area contributed by atoms with E-state index in [-0.39, 0.29) is 47.6 Å². The molecule has 0 atom stereocenters. The normalized spacial score (nSPS) is 26.7. The highest BCUT2D eigenvalue weighted by Crippen LogP contribution is 2.37. The van der Waals surface area contributed by atoms with E-state index in [0.717, 1.165) is 38.6 Å². The van der Waals surface area contributed by atoms with Gasteiger partial charge in [-0.1, -0.05) is 0 Å². The highest BCUT2D eigenvalue weighted by atomic mass is 127. The summed E-state index contributed by atoms with van der Waals surface area (Å²) in [7, 11) is 0. The smallest absolute Gasteiger partial charge is 0.381 e. The fraction of sp³-hybridized carbons (Fsp3) is 0.941. The number of thioether (sulfide) groups is 1. The topological polar surface area (TPSA) is 45.7 Å². The van der Waals surface area contributed by atoms with Crippen LogP contribution in [0.5, 0.6) is 0 Å². The van der Waals surface area contributed by atoms with Gasteiger partial charge in [0.05, 0.1) is 12.5 Å². The number of rotatable bonds is 5. The van der Waals surface area contributed by atoms with Crippen molar-refractivity contribution in [3.63, 3.8) is 0 Å². The molecule has 0 bridgehead atoms. The Morgan fingerprint density at radius 1 is 1.19 bits per heavy atom. The number of nitrogens with one attached hydrogen (secondary N) is 2. The fourth-order valence-corrected chi connectivity index (χ4v) is 4.24. The molecule has 1 aliphatic carbocycles. The van der Waals surface area contributed by atoms with Crippen molar-refractivity contribution >= 4 is 41.7 Å². The van der Waals surface area contributed by atoms with E-state index >= 15 is 0 Å². The Hall–Kier alpha value is 0.1000. The van der Waals surface area contributed by atoms with Gasteiger partial charge in [0.1, 0.15) is 0 Å². The second-order valence-corrected chi connectivity index (χ2v) is 8.20. The average molecular weight is 509 g/mol. The van der Waals surface area contributed by atoms with Gasteiger partial charge in [-0.25, -0.2) is 0 Å². The monoisotopic (exact) mass is 509 g/mol. The Kier molecular flexibility index (Phi) is 10.4. The molecule has 0 radical (unpaired) electrons. The Morgan fingerprint density at radius 3 is 2.31 bits per heavy atom. The third kappa shape index (κ3) is 7.26. The molecule has 9 heteroatoms. The fourth-order valence-electron chi connectivity index (χ4n) is 3.47. The number of ether oxygens (including phenoxy) is 1. The molecule has 1 saturated carbocycles. The van der Waals surface area contributed by atoms with E-state index in [0.29, 0.717) is 19.4 Å². The Labute approximate surface area is 175 Å². The van der Waals surface area contributed by atoms with E-state index in [2.05, 4.69) is 16.9 Å². The zero-order valence-corrected chi connectivity index (χ0v) is 18.7. The van der Waals surface area contributed by atoms with Crippen LogP contribution in [0.3, 0.4) is 0 Å². The summed E-state index contributed by atoms with van der Waals surface area (Å²) in [6.07, 6.45) is 1.49. The van der Waals surface area contributed by atoms with Gasteiger partial charge in [0, 0.05) is 30.5 Å². The van der Waals surface area contributed by atoms with Crippen LogP contribution in [0.1, 0.15) is 45.4 Å². The first-order valence-electron chi connectivity index (χ1n) is 9.13. The molecule has 2 rings (SSSR count). The highest BCUT2D eigenvalue weighted by Gasteiger charge is 2.41. The maximum atomic E-state index is 12.8. The van der Waals surface area contributed by atoms with E-state index in [1.807, 2.05) is 18.7 Å². The summed E-state index contributed by atoms with van der Waals surface area (Å²) in [6.45, 7) is 4.96. The zero-order valence-electron chi connectivity index (χ0n) is 15.5. The number of halogens is 4. The highest BCUT2D eigenvalue weighted by molar-refractivity contribution is 14.0. The maximum Gasteiger partial charge on any atom is 0.391 e. The molecule has 2 fully saturated rings. The summed E-state index contributed by atoms with van der Waals surface area (Å²) in [6, 6.07) is 0.0660. The molecule has 2 N–H and O–H groups in total. The van der Waals surface area contributed by atoms with Crippen LogP contribution in [0.4, 0.5) is 13.2 Å². The quantitative estimate of drug-likeness (QED) is 0.332. The number of hydrogen-bond acceptors (Lipinski definition) is 3. The van der Waals surface area contributed by atoms with Crippen LogP contribution in [0.15, 0.2) is 4.99 Å². The van der Waals surface area contributed by atoms with Crippen LogP contribution in [-0.4, -0.2) is 55.5 Å². The molecule has 2 aliphatic rings. The lowest BCUT2D eigenvalue weighted by atomic mass is 9.85. The van der Waals surface area contributed by atoms with Crippen LogP contribution in [0.25, 0.3) is 0 Å². The molecular weight excluding hydrogens is 478 g/mol. The van der Waals surface area contributed by atoms with Crippen LogP contribution < -0.4 is 10.6 Å². The Balaban J connectivity index is 0.00000338. The van der Waals surface area contributed by atoms with Crippen molar-refractivity contribution in [1.82, 2.24) is 10.6 Å². The lowest BCUT2D eigenvalue weighted by molar-refractivity contribution is -0.182. The molecule has 1 saturated heterocycles. The van der Waals surface area contributed by atoms with Gasteiger partial charge in [-0.2, -0.15) is 24.9 Å². The minimum atomic E-state index is -4.06. The van der Waals surface area contributed by atoms with E-state index in [9.17, 15) is 13.2 Å². The molecule has 0 unspecified atom stereocenters. The maximum absolute atomic E-state index is 12.8. The Morgan fingerprint density at radius 2 is 1.81 bits per heavy atom. The van der Waals surface area contributed by atoms with Crippen molar-refractivity contribution in [3.8, 4) is 0 Å². The van der Waals surface area contributed by atoms with Crippen LogP contribution >= 0.6 is 35.7 Å². The molecule has 0 aromatic rings. The van der Waals surface area contributed by atoms with Gasteiger partial charge in [-0.15, -0.1) is 24.0 Å². The van der Waals surface area contributed by atoms with Gasteiger partial charge in [-0.3, -0.25) is 4.99 Å². The lowest BCUT2D eigenvalue weighted by Crippen LogP contribution is -2.46. The van der Waals surface area contributed by atoms with Gasteiger partial charge in [0.25, 0.3) is 0 Å². The van der Waals surface area contributed by atoms with Crippen molar-refractivity contribution in [1.29, 1.82) is 0 Å². The molecule has 154 valence electrons. The molecule has 0 aromatic heterocycles. The second-order valence-electron chi connectivity index (χ2n) is 6.93. The summed E-state index contributed by atoms with van der Waals surface area (Å²) < 4.78 is 43.9. The van der Waals surface area contributed by atoms with Gasteiger partial charge >= 0.3 is 6.18 Å². The van der Waals surface area contributed by atoms with E-state index in [1.165, 1.54) is 0 Å². The number of guanidine groups is 1. The third-order valence-corrected chi connectivity index (χ3v) is 6.64. The summed E-state index contributed by atoms with van der Waals surface area (Å²) in [4.78, 5) is 4.74. The largest absolute Gasteiger partial charge is 0.391 e. The van der Waals surface area contributed by atoms with Crippen LogP contribution in [0, 0.1) is 5.92 Å². The van der Waals surface area contributed by atoms with Crippen LogP contribution in [0.2, 0.25) is 0 Å². The van der Waals surface area contributed by atoms with Crippen LogP contribution in [-0.2, 0) is 4.74 Å². The first-order chi connectivity index (χ1) is 11.9. The van der Waals surface area contributed by atoms with Gasteiger partial charge in [0.2, 0.25) is 0 Å². The lowest BCUT2D eigenvalue weighted by Gasteiger charge is -2.35. The number of aliphatic imine (C=N–C) groups is 1. The van der Waals surface area contributed by atoms with Gasteiger partial charge in [-0.05, 0) is 51.7 Å². The minimum Gasteiger partial charge on any atom is -0.381 e. The van der Waals surface area contributed by atoms with Crippen molar-refractivity contribution < 1.29 is 17.9 Å². The molecule has 26 heavy (non-hydrogen) atoms. The first-order valence-corrected chi connectivity index (χ1v) is 10.4. The van der Waals surface area contributed by atoms with E-state index in [4.69, 9.17) is 9.73 Å². The molecule has 1 heterocycles. The molecular formula is C17H31F3IN3OS. The SMILES string of the molecule is CCNC(=NCC1(SC)CCOCC1)NC1CCC(C(F)(F)F)CC1.I. The predicted molar refractivity (Wildman–Crippen MR) is 113 cm³/mol. The number of alkyl halides is 3. The molecule has 0 spiro atoms. The molecule has 4 nitrogen and oxygen atoms in total. The van der Waals surface area contributed by atoms with Gasteiger partial charge in [0.15, 0.2) is 5.96 Å². The molecule has 0 aromatic carbocycles. The summed E-state index contributed by atoms with van der Waals surface area (Å²) >= 11 is 1.83. The zero-order chi connectivity index (χ0) is 18.3. The second kappa shape index (κ2) is 11.2. The molecule has 1 aliphatic heterocycles. The summed E-state index contributed by atoms with van der Waals surface area (Å²) in [5.74, 6) is -0.426. The summed E-state index contributed by atoms with van der Waals surface area (Å²) in [5, 5.41) is 6.57. The summed E-state index contributed by atoms with van der Waals surface area (Å²) in [5.41, 5.74) is 0. The van der Waals surface area contributed by atoms with Crippen molar-refractivity contribution in [2.24, 2.45) is 10.9 Å². The predicted octanol–water partition coefficient (Wildman–Crippen LogP) is 4.19. The third-order valence-electron chi connectivity index (χ3n) is 5.24. The number of nitrogens with zero attached hydrogens (tertiary/aromatic N) is 1. The van der Waals surface area contributed by atoms with Crippen molar-refractivity contribution in [2.45, 2.75) is 62.4 Å². The first kappa shape index (κ1) is 24.1. The Bertz CT molecular complexity index is 437.